The first-order chi connectivity index (χ1) is 12.7. The third-order valence-corrected chi connectivity index (χ3v) is 4.56. The number of hydrogen-bond acceptors (Lipinski definition) is 7. The summed E-state index contributed by atoms with van der Waals surface area (Å²) in [5.74, 6) is 0. The maximum absolute atomic E-state index is 9.03. The zero-order chi connectivity index (χ0) is 18.1. The summed E-state index contributed by atoms with van der Waals surface area (Å²) in [5.41, 5.74) is 6.62. The predicted octanol–water partition coefficient (Wildman–Crippen LogP) is 3.61. The molecule has 4 aromatic heterocycles. The maximum atomic E-state index is 9.03. The van der Waals surface area contributed by atoms with Crippen LogP contribution in [-0.4, -0.2) is 30.8 Å². The van der Waals surface area contributed by atoms with Gasteiger partial charge in [0.15, 0.2) is 5.01 Å². The summed E-state index contributed by atoms with van der Waals surface area (Å²) in [6.45, 7) is 4.17. The van der Waals surface area contributed by atoms with Gasteiger partial charge in [0.25, 0.3) is 0 Å². The molecule has 7 nitrogen and oxygen atoms in total. The minimum Gasteiger partial charge on any atom is -0.382 e. The first kappa shape index (κ1) is 16.2. The predicted molar refractivity (Wildman–Crippen MR) is 101 cm³/mol. The van der Waals surface area contributed by atoms with Gasteiger partial charge in [-0.3, -0.25) is 4.98 Å². The molecule has 0 aliphatic rings. The van der Waals surface area contributed by atoms with Crippen LogP contribution in [-0.2, 0) is 0 Å². The lowest BCUT2D eigenvalue weighted by molar-refractivity contribution is 0.898. The molecule has 8 heteroatoms. The molecular weight excluding hydrogens is 346 g/mol. The van der Waals surface area contributed by atoms with Gasteiger partial charge < -0.3 is 5.32 Å². The van der Waals surface area contributed by atoms with Gasteiger partial charge in [0.1, 0.15) is 11.6 Å². The van der Waals surface area contributed by atoms with E-state index in [1.807, 2.05) is 24.4 Å². The molecule has 0 fully saturated rings. The normalized spacial score (nSPS) is 11.0. The van der Waals surface area contributed by atoms with Crippen molar-refractivity contribution in [2.24, 2.45) is 0 Å². The average Bonchev–Trinajstić information content (AvgIpc) is 3.30. The van der Waals surface area contributed by atoms with Crippen molar-refractivity contribution in [2.45, 2.75) is 19.9 Å². The molecule has 0 saturated heterocycles. The van der Waals surface area contributed by atoms with Crippen LogP contribution in [0.25, 0.3) is 27.5 Å². The molecule has 0 spiro atoms. The fourth-order valence-corrected chi connectivity index (χ4v) is 3.32. The van der Waals surface area contributed by atoms with E-state index in [-0.39, 0.29) is 6.04 Å². The van der Waals surface area contributed by atoms with E-state index >= 15 is 0 Å². The SMILES string of the molecule is CC(C)Nc1cc(-c2ccc3cc(C#N)cnn23)ncc1-c1nncs1. The van der Waals surface area contributed by atoms with Crippen molar-refractivity contribution in [1.82, 2.24) is 24.8 Å². The molecule has 0 amide bonds. The number of nitrogens with one attached hydrogen (secondary N) is 1. The number of nitriles is 1. The highest BCUT2D eigenvalue weighted by Gasteiger charge is 2.14. The topological polar surface area (TPSA) is 91.8 Å². The van der Waals surface area contributed by atoms with Crippen molar-refractivity contribution >= 4 is 22.5 Å². The molecule has 0 aliphatic carbocycles. The van der Waals surface area contributed by atoms with Crippen LogP contribution < -0.4 is 5.32 Å². The minimum absolute atomic E-state index is 0.261. The molecule has 26 heavy (non-hydrogen) atoms. The summed E-state index contributed by atoms with van der Waals surface area (Å²) in [6.07, 6.45) is 3.36. The lowest BCUT2D eigenvalue weighted by Gasteiger charge is -2.14. The third-order valence-electron chi connectivity index (χ3n) is 3.83. The Kier molecular flexibility index (Phi) is 4.07. The summed E-state index contributed by atoms with van der Waals surface area (Å²) < 4.78 is 1.78. The molecule has 4 rings (SSSR count). The van der Waals surface area contributed by atoms with Gasteiger partial charge in [-0.05, 0) is 38.1 Å². The van der Waals surface area contributed by atoms with Crippen LogP contribution in [0.5, 0.6) is 0 Å². The van der Waals surface area contributed by atoms with Gasteiger partial charge in [-0.1, -0.05) is 11.3 Å². The second kappa shape index (κ2) is 6.54. The molecule has 0 radical (unpaired) electrons. The molecule has 4 heterocycles. The van der Waals surface area contributed by atoms with E-state index in [4.69, 9.17) is 5.26 Å². The molecular formula is C18H15N7S. The van der Waals surface area contributed by atoms with Crippen LogP contribution in [0.3, 0.4) is 0 Å². The molecule has 0 unspecified atom stereocenters. The second-order valence-corrected chi connectivity index (χ2v) is 6.90. The highest BCUT2D eigenvalue weighted by atomic mass is 32.1. The maximum Gasteiger partial charge on any atom is 0.151 e. The van der Waals surface area contributed by atoms with Crippen molar-refractivity contribution in [2.75, 3.05) is 5.32 Å². The first-order valence-electron chi connectivity index (χ1n) is 8.07. The molecule has 0 bridgehead atoms. The van der Waals surface area contributed by atoms with E-state index in [2.05, 4.69) is 45.5 Å². The Morgan fingerprint density at radius 3 is 2.85 bits per heavy atom. The lowest BCUT2D eigenvalue weighted by atomic mass is 10.1. The van der Waals surface area contributed by atoms with Gasteiger partial charge in [0, 0.05) is 17.9 Å². The summed E-state index contributed by atoms with van der Waals surface area (Å²) in [5, 5.41) is 25.8. The molecule has 0 saturated carbocycles. The van der Waals surface area contributed by atoms with Crippen LogP contribution in [0.4, 0.5) is 5.69 Å². The van der Waals surface area contributed by atoms with Crippen molar-refractivity contribution in [3.8, 4) is 28.0 Å². The summed E-state index contributed by atoms with van der Waals surface area (Å²) >= 11 is 1.48. The Bertz CT molecular complexity index is 1110. The Labute approximate surface area is 154 Å². The summed E-state index contributed by atoms with van der Waals surface area (Å²) in [6, 6.07) is 10.1. The molecule has 0 atom stereocenters. The van der Waals surface area contributed by atoms with Gasteiger partial charge >= 0.3 is 0 Å². The fraction of sp³-hybridized carbons (Fsp3) is 0.167. The van der Waals surface area contributed by atoms with E-state index in [9.17, 15) is 0 Å². The fourth-order valence-electron chi connectivity index (χ4n) is 2.74. The van der Waals surface area contributed by atoms with E-state index in [1.54, 1.807) is 22.3 Å². The van der Waals surface area contributed by atoms with Crippen LogP contribution in [0.15, 0.2) is 42.2 Å². The number of hydrogen-bond donors (Lipinski definition) is 1. The number of rotatable bonds is 4. The van der Waals surface area contributed by atoms with E-state index in [0.29, 0.717) is 5.56 Å². The molecule has 1 N–H and O–H groups in total. The van der Waals surface area contributed by atoms with Crippen molar-refractivity contribution in [3.05, 3.63) is 47.7 Å². The van der Waals surface area contributed by atoms with Gasteiger partial charge in [0.2, 0.25) is 0 Å². The molecule has 0 aliphatic heterocycles. The van der Waals surface area contributed by atoms with Gasteiger partial charge in [0.05, 0.1) is 34.2 Å². The standard InChI is InChI=1S/C18H15N7S/c1-11(2)23-15-6-16(20-9-14(15)18-24-21-10-26-18)17-4-3-13-5-12(7-19)8-22-25(13)17/h3-6,8-11H,1-2H3,(H,20,23). The quantitative estimate of drug-likeness (QED) is 0.597. The van der Waals surface area contributed by atoms with Crippen molar-refractivity contribution in [1.29, 1.82) is 5.26 Å². The van der Waals surface area contributed by atoms with Crippen molar-refractivity contribution in [3.63, 3.8) is 0 Å². The highest BCUT2D eigenvalue weighted by molar-refractivity contribution is 7.12. The first-order valence-corrected chi connectivity index (χ1v) is 8.95. The van der Waals surface area contributed by atoms with Gasteiger partial charge in [-0.15, -0.1) is 10.2 Å². The molecule has 0 aromatic carbocycles. The van der Waals surface area contributed by atoms with E-state index in [1.165, 1.54) is 11.3 Å². The minimum atomic E-state index is 0.261. The zero-order valence-electron chi connectivity index (χ0n) is 14.2. The van der Waals surface area contributed by atoms with Crippen LogP contribution in [0, 0.1) is 11.3 Å². The van der Waals surface area contributed by atoms with Crippen LogP contribution >= 0.6 is 11.3 Å². The highest BCUT2D eigenvalue weighted by Crippen LogP contribution is 2.32. The second-order valence-electron chi connectivity index (χ2n) is 6.07. The Hall–Kier alpha value is -3.31. The number of anilines is 1. The number of nitrogens with zero attached hydrogens (tertiary/aromatic N) is 6. The smallest absolute Gasteiger partial charge is 0.151 e. The summed E-state index contributed by atoms with van der Waals surface area (Å²) in [7, 11) is 0. The van der Waals surface area contributed by atoms with Gasteiger partial charge in [-0.2, -0.15) is 10.4 Å². The Morgan fingerprint density at radius 1 is 1.23 bits per heavy atom. The van der Waals surface area contributed by atoms with E-state index < -0.39 is 0 Å². The zero-order valence-corrected chi connectivity index (χ0v) is 15.0. The summed E-state index contributed by atoms with van der Waals surface area (Å²) in [4.78, 5) is 4.61. The Balaban J connectivity index is 1.84. The third kappa shape index (κ3) is 2.89. The number of fused-ring (bicyclic) bond motifs is 1. The van der Waals surface area contributed by atoms with Gasteiger partial charge in [-0.25, -0.2) is 4.52 Å². The Morgan fingerprint density at radius 2 is 2.12 bits per heavy atom. The average molecular weight is 361 g/mol. The molecule has 4 aromatic rings. The molecule has 128 valence electrons. The largest absolute Gasteiger partial charge is 0.382 e. The van der Waals surface area contributed by atoms with Crippen molar-refractivity contribution < 1.29 is 0 Å². The van der Waals surface area contributed by atoms with Crippen LogP contribution in [0.1, 0.15) is 19.4 Å². The monoisotopic (exact) mass is 361 g/mol. The number of pyridine rings is 1. The van der Waals surface area contributed by atoms with Crippen LogP contribution in [0.2, 0.25) is 0 Å². The van der Waals surface area contributed by atoms with E-state index in [0.717, 1.165) is 33.2 Å². The lowest BCUT2D eigenvalue weighted by Crippen LogP contribution is -2.11. The number of aromatic nitrogens is 5.